The van der Waals surface area contributed by atoms with Crippen molar-refractivity contribution >= 4 is 44.1 Å². The number of hydrogen-bond donors (Lipinski definition) is 1. The molecule has 0 aliphatic carbocycles. The van der Waals surface area contributed by atoms with Crippen LogP contribution in [-0.4, -0.2) is 14.4 Å². The Labute approximate surface area is 163 Å². The molecule has 0 bridgehead atoms. The molecule has 0 spiro atoms. The molecule has 4 heterocycles. The standard InChI is InChI=1S/C21H15N5OS/c1-2-10-26-18(22)13(20-23-15-7-3-4-8-16(15)28-20)12-14-19(26)24-17-9-5-6-11-25(17)21(14)27/h2-9,11-12,22H,1,10H2/p+1. The van der Waals surface area contributed by atoms with Gasteiger partial charge in [-0.15, -0.1) is 11.3 Å². The molecule has 4 aromatic heterocycles. The summed E-state index contributed by atoms with van der Waals surface area (Å²) in [5.41, 5.74) is 9.13. The van der Waals surface area contributed by atoms with E-state index in [4.69, 9.17) is 10.7 Å². The molecule has 5 aromatic rings. The summed E-state index contributed by atoms with van der Waals surface area (Å²) in [7, 11) is 0. The van der Waals surface area contributed by atoms with Crippen molar-refractivity contribution in [3.8, 4) is 10.6 Å². The lowest BCUT2D eigenvalue weighted by molar-refractivity contribution is -0.647. The summed E-state index contributed by atoms with van der Waals surface area (Å²) in [6, 6.07) is 15.2. The molecule has 2 N–H and O–H groups in total. The average molecular weight is 386 g/mol. The van der Waals surface area contributed by atoms with Crippen molar-refractivity contribution in [2.45, 2.75) is 6.54 Å². The first-order valence-electron chi connectivity index (χ1n) is 8.77. The van der Waals surface area contributed by atoms with Gasteiger partial charge in [0, 0.05) is 6.20 Å². The number of para-hydroxylation sites is 1. The fraction of sp³-hybridized carbons (Fsp3) is 0.0476. The number of nitrogen functional groups attached to an aromatic ring is 1. The predicted octanol–water partition coefficient (Wildman–Crippen LogP) is 3.18. The molecule has 0 saturated heterocycles. The van der Waals surface area contributed by atoms with E-state index >= 15 is 0 Å². The first kappa shape index (κ1) is 16.6. The van der Waals surface area contributed by atoms with E-state index in [1.54, 1.807) is 40.1 Å². The minimum atomic E-state index is -0.138. The minimum Gasteiger partial charge on any atom is -0.318 e. The van der Waals surface area contributed by atoms with Crippen molar-refractivity contribution in [1.82, 2.24) is 14.4 Å². The number of nitrogens with two attached hydrogens (primary N) is 1. The number of pyridine rings is 2. The van der Waals surface area contributed by atoms with E-state index in [2.05, 4.69) is 11.6 Å². The lowest BCUT2D eigenvalue weighted by Gasteiger charge is -2.09. The highest BCUT2D eigenvalue weighted by molar-refractivity contribution is 7.21. The van der Waals surface area contributed by atoms with Gasteiger partial charge in [0.1, 0.15) is 10.4 Å². The fourth-order valence-corrected chi connectivity index (χ4v) is 4.36. The van der Waals surface area contributed by atoms with E-state index in [-0.39, 0.29) is 5.56 Å². The Morgan fingerprint density at radius 1 is 1.18 bits per heavy atom. The number of rotatable bonds is 3. The van der Waals surface area contributed by atoms with Gasteiger partial charge in [-0.25, -0.2) is 9.55 Å². The quantitative estimate of drug-likeness (QED) is 0.293. The molecule has 28 heavy (non-hydrogen) atoms. The fourth-order valence-electron chi connectivity index (χ4n) is 3.37. The summed E-state index contributed by atoms with van der Waals surface area (Å²) in [5, 5.41) is 1.27. The van der Waals surface area contributed by atoms with Crippen LogP contribution in [0.2, 0.25) is 0 Å². The monoisotopic (exact) mass is 386 g/mol. The van der Waals surface area contributed by atoms with Crippen LogP contribution < -0.4 is 15.9 Å². The normalized spacial score (nSPS) is 11.4. The Hall–Kier alpha value is -3.58. The molecule has 0 aliphatic heterocycles. The average Bonchev–Trinajstić information content (AvgIpc) is 3.14. The Morgan fingerprint density at radius 2 is 2.00 bits per heavy atom. The van der Waals surface area contributed by atoms with Gasteiger partial charge < -0.3 is 5.73 Å². The largest absolute Gasteiger partial charge is 0.318 e. The van der Waals surface area contributed by atoms with E-state index in [0.717, 1.165) is 20.8 Å². The summed E-state index contributed by atoms with van der Waals surface area (Å²) in [6.45, 7) is 4.27. The second-order valence-corrected chi connectivity index (χ2v) is 7.44. The van der Waals surface area contributed by atoms with E-state index < -0.39 is 0 Å². The summed E-state index contributed by atoms with van der Waals surface area (Å²) in [6.07, 6.45) is 3.46. The molecular formula is C21H16N5OS+. The molecule has 0 aliphatic rings. The Balaban J connectivity index is 1.91. The Morgan fingerprint density at radius 3 is 2.82 bits per heavy atom. The molecule has 0 fully saturated rings. The molecule has 5 rings (SSSR count). The van der Waals surface area contributed by atoms with Gasteiger partial charge in [-0.3, -0.25) is 9.20 Å². The highest BCUT2D eigenvalue weighted by Crippen LogP contribution is 2.33. The summed E-state index contributed by atoms with van der Waals surface area (Å²) in [4.78, 5) is 22.5. The first-order chi connectivity index (χ1) is 13.7. The molecule has 6 nitrogen and oxygen atoms in total. The molecule has 0 amide bonds. The molecule has 7 heteroatoms. The SMILES string of the molecule is C=CC[n+]1c(N)c(-c2nc3ccccc3s2)cc2c(=O)n3ccccc3nc21. The minimum absolute atomic E-state index is 0.138. The lowest BCUT2D eigenvalue weighted by atomic mass is 10.2. The summed E-state index contributed by atoms with van der Waals surface area (Å²) in [5.74, 6) is 0.513. The van der Waals surface area contributed by atoms with Crippen LogP contribution in [0, 0.1) is 0 Å². The molecule has 0 radical (unpaired) electrons. The van der Waals surface area contributed by atoms with E-state index in [9.17, 15) is 4.79 Å². The second kappa shape index (κ2) is 6.24. The van der Waals surface area contributed by atoms with Crippen LogP contribution in [0.15, 0.2) is 72.2 Å². The molecule has 136 valence electrons. The summed E-state index contributed by atoms with van der Waals surface area (Å²) >= 11 is 1.55. The molecule has 0 saturated carbocycles. The van der Waals surface area contributed by atoms with Crippen molar-refractivity contribution in [3.63, 3.8) is 0 Å². The van der Waals surface area contributed by atoms with Crippen molar-refractivity contribution in [2.75, 3.05) is 5.73 Å². The lowest BCUT2D eigenvalue weighted by Crippen LogP contribution is -2.40. The van der Waals surface area contributed by atoms with Crippen LogP contribution in [0.4, 0.5) is 5.82 Å². The van der Waals surface area contributed by atoms with Gasteiger partial charge in [-0.2, -0.15) is 0 Å². The number of hydrogen-bond acceptors (Lipinski definition) is 5. The van der Waals surface area contributed by atoms with E-state index in [1.807, 2.05) is 41.0 Å². The van der Waals surface area contributed by atoms with Gasteiger partial charge in [0.05, 0.1) is 22.3 Å². The van der Waals surface area contributed by atoms with Crippen LogP contribution in [0.25, 0.3) is 37.5 Å². The van der Waals surface area contributed by atoms with Gasteiger partial charge in [-0.05, 0) is 30.3 Å². The number of benzene rings is 1. The first-order valence-corrected chi connectivity index (χ1v) is 9.59. The zero-order chi connectivity index (χ0) is 19.3. The summed E-state index contributed by atoms with van der Waals surface area (Å²) < 4.78 is 4.43. The van der Waals surface area contributed by atoms with Gasteiger partial charge in [0.2, 0.25) is 11.5 Å². The van der Waals surface area contributed by atoms with Crippen molar-refractivity contribution in [1.29, 1.82) is 0 Å². The van der Waals surface area contributed by atoms with Crippen molar-refractivity contribution in [3.05, 3.63) is 77.7 Å². The maximum atomic E-state index is 13.1. The van der Waals surface area contributed by atoms with Crippen LogP contribution in [0.3, 0.4) is 0 Å². The second-order valence-electron chi connectivity index (χ2n) is 6.41. The zero-order valence-electron chi connectivity index (χ0n) is 14.9. The van der Waals surface area contributed by atoms with Crippen molar-refractivity contribution < 1.29 is 4.57 Å². The van der Waals surface area contributed by atoms with Gasteiger partial charge in [0.25, 0.3) is 11.2 Å². The highest BCUT2D eigenvalue weighted by atomic mass is 32.1. The number of nitrogens with zero attached hydrogens (tertiary/aromatic N) is 4. The van der Waals surface area contributed by atoms with Crippen LogP contribution in [-0.2, 0) is 6.54 Å². The van der Waals surface area contributed by atoms with E-state index in [0.29, 0.717) is 29.0 Å². The number of allylic oxidation sites excluding steroid dienone is 1. The Kier molecular flexibility index (Phi) is 3.70. The zero-order valence-corrected chi connectivity index (χ0v) is 15.7. The molecule has 0 atom stereocenters. The third-order valence-corrected chi connectivity index (χ3v) is 5.77. The maximum absolute atomic E-state index is 13.1. The van der Waals surface area contributed by atoms with Gasteiger partial charge in [0.15, 0.2) is 0 Å². The van der Waals surface area contributed by atoms with Crippen molar-refractivity contribution in [2.24, 2.45) is 0 Å². The van der Waals surface area contributed by atoms with E-state index in [1.165, 1.54) is 0 Å². The smallest absolute Gasteiger partial charge is 0.278 e. The number of aromatic nitrogens is 4. The maximum Gasteiger partial charge on any atom is 0.278 e. The van der Waals surface area contributed by atoms with Crippen LogP contribution in [0.1, 0.15) is 0 Å². The third-order valence-electron chi connectivity index (χ3n) is 4.70. The molecule has 1 aromatic carbocycles. The van der Waals surface area contributed by atoms with Gasteiger partial charge >= 0.3 is 0 Å². The predicted molar refractivity (Wildman–Crippen MR) is 112 cm³/mol. The van der Waals surface area contributed by atoms with Gasteiger partial charge in [-0.1, -0.05) is 35.8 Å². The molecular weight excluding hydrogens is 370 g/mol. The van der Waals surface area contributed by atoms with Crippen LogP contribution in [0.5, 0.6) is 0 Å². The number of thiazole rings is 1. The van der Waals surface area contributed by atoms with Crippen LogP contribution >= 0.6 is 11.3 Å². The Bertz CT molecular complexity index is 1420. The topological polar surface area (TPSA) is 77.2 Å². The molecule has 0 unspecified atom stereocenters. The number of anilines is 1. The third kappa shape index (κ3) is 2.40. The number of fused-ring (bicyclic) bond motifs is 3. The highest BCUT2D eigenvalue weighted by Gasteiger charge is 2.22.